The minimum atomic E-state index is -0.751. The van der Waals surface area contributed by atoms with E-state index in [0.29, 0.717) is 0 Å². The Kier molecular flexibility index (Phi) is 3.11. The maximum Gasteiger partial charge on any atom is 0.303 e. The molecule has 2 N–H and O–H groups in total. The van der Waals surface area contributed by atoms with Crippen molar-refractivity contribution in [1.82, 2.24) is 9.97 Å². The number of carboxylic acids is 1. The summed E-state index contributed by atoms with van der Waals surface area (Å²) >= 11 is 0. The maximum absolute atomic E-state index is 10.8. The van der Waals surface area contributed by atoms with Crippen molar-refractivity contribution in [2.75, 3.05) is 0 Å². The number of aliphatic carboxylic acids is 1. The number of aromatic nitrogens is 2. The van der Waals surface area contributed by atoms with Crippen molar-refractivity contribution in [1.29, 1.82) is 0 Å². The summed E-state index contributed by atoms with van der Waals surface area (Å²) in [6.07, 6.45) is 0.917. The van der Waals surface area contributed by atoms with E-state index in [4.69, 9.17) is 5.11 Å². The molecule has 0 bridgehead atoms. The molecule has 4 nitrogen and oxygen atoms in total. The second kappa shape index (κ2) is 4.44. The second-order valence-electron chi connectivity index (χ2n) is 5.59. The first-order valence-corrected chi connectivity index (χ1v) is 6.03. The molecule has 0 aliphatic rings. The molecule has 1 heterocycles. The van der Waals surface area contributed by atoms with Crippen molar-refractivity contribution in [2.24, 2.45) is 5.41 Å². The molecule has 0 unspecified atom stereocenters. The maximum atomic E-state index is 10.8. The van der Waals surface area contributed by atoms with Gasteiger partial charge in [-0.3, -0.25) is 4.79 Å². The molecule has 0 radical (unpaired) electrons. The van der Waals surface area contributed by atoms with Gasteiger partial charge in [0.1, 0.15) is 5.82 Å². The monoisotopic (exact) mass is 246 g/mol. The summed E-state index contributed by atoms with van der Waals surface area (Å²) in [7, 11) is 0. The molecule has 2 rings (SSSR count). The number of carbonyl (C=O) groups is 1. The van der Waals surface area contributed by atoms with Crippen LogP contribution in [0.25, 0.3) is 11.0 Å². The second-order valence-corrected chi connectivity index (χ2v) is 5.59. The number of nitrogens with one attached hydrogen (secondary N) is 1. The van der Waals surface area contributed by atoms with Crippen LogP contribution < -0.4 is 0 Å². The normalized spacial score (nSPS) is 11.9. The predicted octanol–water partition coefficient (Wildman–Crippen LogP) is 2.91. The average Bonchev–Trinajstić information content (AvgIpc) is 2.54. The van der Waals surface area contributed by atoms with Crippen molar-refractivity contribution in [2.45, 2.75) is 33.6 Å². The van der Waals surface area contributed by atoms with Crippen molar-refractivity contribution >= 4 is 17.0 Å². The molecule has 0 saturated heterocycles. The number of benzene rings is 1. The van der Waals surface area contributed by atoms with Crippen LogP contribution in [0.5, 0.6) is 0 Å². The van der Waals surface area contributed by atoms with E-state index in [-0.39, 0.29) is 11.8 Å². The van der Waals surface area contributed by atoms with Crippen molar-refractivity contribution in [3.8, 4) is 0 Å². The molecule has 96 valence electrons. The van der Waals surface area contributed by atoms with Gasteiger partial charge in [-0.1, -0.05) is 19.9 Å². The predicted molar refractivity (Wildman–Crippen MR) is 70.6 cm³/mol. The summed E-state index contributed by atoms with van der Waals surface area (Å²) in [5.74, 6) is 0.144. The Morgan fingerprint density at radius 3 is 2.83 bits per heavy atom. The van der Waals surface area contributed by atoms with Gasteiger partial charge >= 0.3 is 5.97 Å². The van der Waals surface area contributed by atoms with E-state index in [9.17, 15) is 4.79 Å². The van der Waals surface area contributed by atoms with E-state index in [1.807, 2.05) is 32.9 Å². The summed E-state index contributed by atoms with van der Waals surface area (Å²) in [6, 6.07) is 6.05. The third-order valence-corrected chi connectivity index (χ3v) is 2.98. The van der Waals surface area contributed by atoms with E-state index in [0.717, 1.165) is 28.8 Å². The van der Waals surface area contributed by atoms with Crippen LogP contribution in [0.4, 0.5) is 0 Å². The standard InChI is InChI=1S/C14H18N2O2/c1-9-15-11-5-4-10(6-12(11)16-9)7-14(2,3)8-13(17)18/h4-6H,7-8H2,1-3H3,(H,15,16)(H,17,18). The minimum Gasteiger partial charge on any atom is -0.481 e. The lowest BCUT2D eigenvalue weighted by Crippen LogP contribution is -2.19. The number of fused-ring (bicyclic) bond motifs is 1. The summed E-state index contributed by atoms with van der Waals surface area (Å²) in [5, 5.41) is 8.89. The Hall–Kier alpha value is -1.84. The van der Waals surface area contributed by atoms with Gasteiger partial charge in [-0.05, 0) is 36.5 Å². The molecular weight excluding hydrogens is 228 g/mol. The summed E-state index contributed by atoms with van der Waals surface area (Å²) in [5.41, 5.74) is 2.86. The van der Waals surface area contributed by atoms with E-state index in [1.54, 1.807) is 0 Å². The van der Waals surface area contributed by atoms with Gasteiger partial charge in [0.2, 0.25) is 0 Å². The first-order valence-electron chi connectivity index (χ1n) is 6.03. The fraction of sp³-hybridized carbons (Fsp3) is 0.429. The SMILES string of the molecule is Cc1nc2ccc(CC(C)(C)CC(=O)O)cc2[nH]1. The quantitative estimate of drug-likeness (QED) is 0.871. The Bertz CT molecular complexity index is 584. The number of hydrogen-bond acceptors (Lipinski definition) is 2. The highest BCUT2D eigenvalue weighted by molar-refractivity contribution is 5.75. The topological polar surface area (TPSA) is 66.0 Å². The zero-order chi connectivity index (χ0) is 13.3. The highest BCUT2D eigenvalue weighted by Crippen LogP contribution is 2.27. The van der Waals surface area contributed by atoms with Crippen LogP contribution in [-0.2, 0) is 11.2 Å². The van der Waals surface area contributed by atoms with Crippen LogP contribution in [0.1, 0.15) is 31.7 Å². The third-order valence-electron chi connectivity index (χ3n) is 2.98. The van der Waals surface area contributed by atoms with Gasteiger partial charge in [0, 0.05) is 0 Å². The molecule has 0 aliphatic carbocycles. The number of imidazole rings is 1. The molecule has 0 spiro atoms. The molecule has 0 aliphatic heterocycles. The molecular formula is C14H18N2O2. The summed E-state index contributed by atoms with van der Waals surface area (Å²) in [4.78, 5) is 18.4. The van der Waals surface area contributed by atoms with Crippen LogP contribution in [0.15, 0.2) is 18.2 Å². The van der Waals surface area contributed by atoms with Crippen molar-refractivity contribution < 1.29 is 9.90 Å². The van der Waals surface area contributed by atoms with E-state index >= 15 is 0 Å². The zero-order valence-corrected chi connectivity index (χ0v) is 10.9. The average molecular weight is 246 g/mol. The minimum absolute atomic E-state index is 0.174. The van der Waals surface area contributed by atoms with Crippen LogP contribution in [0.3, 0.4) is 0 Å². The molecule has 2 aromatic rings. The number of nitrogens with zero attached hydrogens (tertiary/aromatic N) is 1. The third kappa shape index (κ3) is 2.88. The highest BCUT2D eigenvalue weighted by Gasteiger charge is 2.22. The Labute approximate surface area is 106 Å². The molecule has 1 aromatic heterocycles. The fourth-order valence-corrected chi connectivity index (χ4v) is 2.32. The van der Waals surface area contributed by atoms with E-state index < -0.39 is 5.97 Å². The molecule has 18 heavy (non-hydrogen) atoms. The van der Waals surface area contributed by atoms with Crippen molar-refractivity contribution in [3.63, 3.8) is 0 Å². The number of hydrogen-bond donors (Lipinski definition) is 2. The van der Waals surface area contributed by atoms with Crippen LogP contribution >= 0.6 is 0 Å². The van der Waals surface area contributed by atoms with Crippen LogP contribution in [0.2, 0.25) is 0 Å². The smallest absolute Gasteiger partial charge is 0.303 e. The zero-order valence-electron chi connectivity index (χ0n) is 10.9. The summed E-state index contributed by atoms with van der Waals surface area (Å²) < 4.78 is 0. The van der Waals surface area contributed by atoms with E-state index in [2.05, 4.69) is 16.0 Å². The lowest BCUT2D eigenvalue weighted by Gasteiger charge is -2.22. The van der Waals surface area contributed by atoms with Gasteiger partial charge in [0.25, 0.3) is 0 Å². The van der Waals surface area contributed by atoms with Gasteiger partial charge < -0.3 is 10.1 Å². The van der Waals surface area contributed by atoms with Crippen LogP contribution in [-0.4, -0.2) is 21.0 Å². The molecule has 4 heteroatoms. The number of aromatic amines is 1. The number of aryl methyl sites for hydroxylation is 1. The van der Waals surface area contributed by atoms with E-state index in [1.165, 1.54) is 0 Å². The number of carboxylic acid groups (broad SMARTS) is 1. The van der Waals surface area contributed by atoms with Gasteiger partial charge in [0.05, 0.1) is 17.5 Å². The number of H-pyrrole nitrogens is 1. The molecule has 1 aromatic carbocycles. The Balaban J connectivity index is 2.23. The molecule has 0 fully saturated rings. The van der Waals surface area contributed by atoms with Crippen LogP contribution in [0, 0.1) is 12.3 Å². The number of rotatable bonds is 4. The Morgan fingerprint density at radius 2 is 2.17 bits per heavy atom. The summed E-state index contributed by atoms with van der Waals surface area (Å²) in [6.45, 7) is 5.88. The fourth-order valence-electron chi connectivity index (χ4n) is 2.32. The largest absolute Gasteiger partial charge is 0.481 e. The van der Waals surface area contributed by atoms with Gasteiger partial charge in [-0.25, -0.2) is 4.98 Å². The Morgan fingerprint density at radius 1 is 1.44 bits per heavy atom. The molecule has 0 atom stereocenters. The van der Waals surface area contributed by atoms with Crippen molar-refractivity contribution in [3.05, 3.63) is 29.6 Å². The molecule has 0 amide bonds. The van der Waals surface area contributed by atoms with Gasteiger partial charge in [0.15, 0.2) is 0 Å². The lowest BCUT2D eigenvalue weighted by molar-refractivity contribution is -0.139. The van der Waals surface area contributed by atoms with Gasteiger partial charge in [-0.15, -0.1) is 0 Å². The molecule has 0 saturated carbocycles. The highest BCUT2D eigenvalue weighted by atomic mass is 16.4. The first kappa shape index (κ1) is 12.6. The first-order chi connectivity index (χ1) is 8.35. The lowest BCUT2D eigenvalue weighted by atomic mass is 9.83. The van der Waals surface area contributed by atoms with Gasteiger partial charge in [-0.2, -0.15) is 0 Å².